The van der Waals surface area contributed by atoms with Crippen molar-refractivity contribution in [3.8, 4) is 0 Å². The minimum absolute atomic E-state index is 0. The summed E-state index contributed by atoms with van der Waals surface area (Å²) in [5.41, 5.74) is 0.805. The molecule has 1 aromatic carbocycles. The summed E-state index contributed by atoms with van der Waals surface area (Å²) in [7, 11) is 0. The molecule has 9 heteroatoms. The minimum atomic E-state index is -0.230. The molecule has 0 radical (unpaired) electrons. The molecule has 1 atom stereocenters. The Kier molecular flexibility index (Phi) is 9.90. The van der Waals surface area contributed by atoms with Crippen LogP contribution in [0.3, 0.4) is 0 Å². The molecule has 0 spiro atoms. The van der Waals surface area contributed by atoms with E-state index in [2.05, 4.69) is 15.5 Å². The fourth-order valence-corrected chi connectivity index (χ4v) is 3.00. The summed E-state index contributed by atoms with van der Waals surface area (Å²) in [6.07, 6.45) is 0. The van der Waals surface area contributed by atoms with Crippen molar-refractivity contribution in [1.29, 1.82) is 0 Å². The van der Waals surface area contributed by atoms with Crippen molar-refractivity contribution in [3.63, 3.8) is 0 Å². The number of para-hydroxylation sites is 1. The van der Waals surface area contributed by atoms with Gasteiger partial charge in [-0.2, -0.15) is 0 Å². The lowest BCUT2D eigenvalue weighted by Gasteiger charge is -2.36. The standard InChI is InChI=1S/C17H24N4O3.2ClH/c22-16(19-14-4-2-1-3-5-14)12-20-7-9-21(10-8-20)17(23)15-13-24-11-6-18-15;;/h1-5,15,18H,6-13H2,(H,19,22);2*1H. The van der Waals surface area contributed by atoms with E-state index in [4.69, 9.17) is 4.74 Å². The lowest BCUT2D eigenvalue weighted by atomic mass is 10.2. The number of carbonyl (C=O) groups excluding carboxylic acids is 2. The normalized spacial score (nSPS) is 20.5. The molecular formula is C17H26Cl2N4O3. The summed E-state index contributed by atoms with van der Waals surface area (Å²) in [5.74, 6) is 0.0754. The highest BCUT2D eigenvalue weighted by atomic mass is 35.5. The van der Waals surface area contributed by atoms with Gasteiger partial charge in [0.1, 0.15) is 6.04 Å². The quantitative estimate of drug-likeness (QED) is 0.768. The van der Waals surface area contributed by atoms with Crippen LogP contribution < -0.4 is 10.6 Å². The maximum absolute atomic E-state index is 12.4. The molecule has 26 heavy (non-hydrogen) atoms. The third-order valence-corrected chi connectivity index (χ3v) is 4.33. The van der Waals surface area contributed by atoms with Crippen molar-refractivity contribution >= 4 is 42.3 Å². The first-order chi connectivity index (χ1) is 11.7. The van der Waals surface area contributed by atoms with Gasteiger partial charge in [0.2, 0.25) is 11.8 Å². The number of piperazine rings is 1. The second-order valence-corrected chi connectivity index (χ2v) is 6.10. The first-order valence-corrected chi connectivity index (χ1v) is 8.39. The van der Waals surface area contributed by atoms with Gasteiger partial charge in [-0.25, -0.2) is 0 Å². The number of amides is 2. The monoisotopic (exact) mass is 404 g/mol. The summed E-state index contributed by atoms with van der Waals surface area (Å²) in [6, 6.07) is 9.21. The third kappa shape index (κ3) is 6.41. The number of ether oxygens (including phenoxy) is 1. The number of nitrogens with one attached hydrogen (secondary N) is 2. The highest BCUT2D eigenvalue weighted by molar-refractivity contribution is 5.92. The number of hydrogen-bond acceptors (Lipinski definition) is 5. The molecule has 2 heterocycles. The van der Waals surface area contributed by atoms with Crippen molar-refractivity contribution in [3.05, 3.63) is 30.3 Å². The van der Waals surface area contributed by atoms with E-state index in [1.54, 1.807) is 0 Å². The lowest BCUT2D eigenvalue weighted by molar-refractivity contribution is -0.138. The molecule has 2 N–H and O–H groups in total. The van der Waals surface area contributed by atoms with Gasteiger partial charge in [0.15, 0.2) is 0 Å². The summed E-state index contributed by atoms with van der Waals surface area (Å²) >= 11 is 0. The second kappa shape index (κ2) is 11.4. The number of benzene rings is 1. The molecule has 0 aromatic heterocycles. The zero-order chi connectivity index (χ0) is 16.8. The smallest absolute Gasteiger partial charge is 0.242 e. The van der Waals surface area contributed by atoms with Gasteiger partial charge in [-0.1, -0.05) is 18.2 Å². The van der Waals surface area contributed by atoms with Crippen LogP contribution in [0.1, 0.15) is 0 Å². The summed E-state index contributed by atoms with van der Waals surface area (Å²) in [6.45, 7) is 4.89. The van der Waals surface area contributed by atoms with E-state index in [0.717, 1.165) is 12.2 Å². The SMILES string of the molecule is Cl.Cl.O=C(CN1CCN(C(=O)C2COCCN2)CC1)Nc1ccccc1. The van der Waals surface area contributed by atoms with Crippen molar-refractivity contribution in [2.45, 2.75) is 6.04 Å². The number of hydrogen-bond donors (Lipinski definition) is 2. The van der Waals surface area contributed by atoms with Gasteiger partial charge in [0.05, 0.1) is 19.8 Å². The summed E-state index contributed by atoms with van der Waals surface area (Å²) in [5, 5.41) is 6.08. The van der Waals surface area contributed by atoms with Crippen LogP contribution in [0.2, 0.25) is 0 Å². The van der Waals surface area contributed by atoms with Gasteiger partial charge in [-0.05, 0) is 12.1 Å². The molecular weight excluding hydrogens is 379 g/mol. The predicted molar refractivity (Wildman–Crippen MR) is 105 cm³/mol. The average Bonchev–Trinajstić information content (AvgIpc) is 2.63. The van der Waals surface area contributed by atoms with E-state index >= 15 is 0 Å². The van der Waals surface area contributed by atoms with Gasteiger partial charge < -0.3 is 20.3 Å². The number of morpholine rings is 1. The molecule has 7 nitrogen and oxygen atoms in total. The maximum Gasteiger partial charge on any atom is 0.242 e. The van der Waals surface area contributed by atoms with Crippen molar-refractivity contribution < 1.29 is 14.3 Å². The molecule has 3 rings (SSSR count). The van der Waals surface area contributed by atoms with Crippen LogP contribution >= 0.6 is 24.8 Å². The van der Waals surface area contributed by atoms with Crippen LogP contribution in [-0.4, -0.2) is 80.1 Å². The number of nitrogens with zero attached hydrogens (tertiary/aromatic N) is 2. The molecule has 2 aliphatic rings. The number of anilines is 1. The molecule has 0 aliphatic carbocycles. The molecule has 2 amide bonds. The Morgan fingerprint density at radius 3 is 2.42 bits per heavy atom. The second-order valence-electron chi connectivity index (χ2n) is 6.10. The van der Waals surface area contributed by atoms with E-state index in [0.29, 0.717) is 45.9 Å². The molecule has 2 fully saturated rings. The molecule has 146 valence electrons. The average molecular weight is 405 g/mol. The van der Waals surface area contributed by atoms with Crippen molar-refractivity contribution in [1.82, 2.24) is 15.1 Å². The molecule has 1 aromatic rings. The topological polar surface area (TPSA) is 73.9 Å². The molecule has 0 saturated carbocycles. The number of halogens is 2. The van der Waals surface area contributed by atoms with Crippen LogP contribution in [0, 0.1) is 0 Å². The zero-order valence-electron chi connectivity index (χ0n) is 14.6. The Morgan fingerprint density at radius 2 is 1.81 bits per heavy atom. The van der Waals surface area contributed by atoms with Crippen molar-refractivity contribution in [2.75, 3.05) is 57.8 Å². The summed E-state index contributed by atoms with van der Waals surface area (Å²) < 4.78 is 5.35. The van der Waals surface area contributed by atoms with Crippen LogP contribution in [0.4, 0.5) is 5.69 Å². The van der Waals surface area contributed by atoms with Crippen LogP contribution in [0.5, 0.6) is 0 Å². The Morgan fingerprint density at radius 1 is 1.12 bits per heavy atom. The Bertz CT molecular complexity index is 562. The van der Waals surface area contributed by atoms with Crippen molar-refractivity contribution in [2.24, 2.45) is 0 Å². The Labute approximate surface area is 166 Å². The highest BCUT2D eigenvalue weighted by Crippen LogP contribution is 2.08. The van der Waals surface area contributed by atoms with E-state index in [1.165, 1.54) is 0 Å². The van der Waals surface area contributed by atoms with E-state index in [-0.39, 0.29) is 42.7 Å². The number of carbonyl (C=O) groups is 2. The first kappa shape index (κ1) is 22.7. The van der Waals surface area contributed by atoms with E-state index < -0.39 is 0 Å². The van der Waals surface area contributed by atoms with Gasteiger partial charge in [-0.15, -0.1) is 24.8 Å². The van der Waals surface area contributed by atoms with Crippen LogP contribution in [0.25, 0.3) is 0 Å². The molecule has 0 bridgehead atoms. The van der Waals surface area contributed by atoms with Gasteiger partial charge >= 0.3 is 0 Å². The molecule has 1 unspecified atom stereocenters. The minimum Gasteiger partial charge on any atom is -0.378 e. The maximum atomic E-state index is 12.4. The summed E-state index contributed by atoms with van der Waals surface area (Å²) in [4.78, 5) is 28.4. The van der Waals surface area contributed by atoms with E-state index in [1.807, 2.05) is 35.2 Å². The van der Waals surface area contributed by atoms with Gasteiger partial charge in [0, 0.05) is 38.4 Å². The van der Waals surface area contributed by atoms with Gasteiger partial charge in [-0.3, -0.25) is 14.5 Å². The third-order valence-electron chi connectivity index (χ3n) is 4.33. The fourth-order valence-electron chi connectivity index (χ4n) is 3.00. The van der Waals surface area contributed by atoms with E-state index in [9.17, 15) is 9.59 Å². The zero-order valence-corrected chi connectivity index (χ0v) is 16.2. The highest BCUT2D eigenvalue weighted by Gasteiger charge is 2.29. The molecule has 2 saturated heterocycles. The van der Waals surface area contributed by atoms with Gasteiger partial charge in [0.25, 0.3) is 0 Å². The molecule has 2 aliphatic heterocycles. The predicted octanol–water partition coefficient (Wildman–Crippen LogP) is 0.601. The lowest BCUT2D eigenvalue weighted by Crippen LogP contribution is -2.57. The Balaban J connectivity index is 0.00000169. The Hall–Kier alpha value is -1.38. The first-order valence-electron chi connectivity index (χ1n) is 8.39. The van der Waals surface area contributed by atoms with Crippen LogP contribution in [0.15, 0.2) is 30.3 Å². The fraction of sp³-hybridized carbons (Fsp3) is 0.529. The number of rotatable bonds is 4. The largest absolute Gasteiger partial charge is 0.378 e. The van der Waals surface area contributed by atoms with Crippen LogP contribution in [-0.2, 0) is 14.3 Å².